The fourth-order valence-electron chi connectivity index (χ4n) is 0.564. The number of ether oxygens (including phenoxy) is 1. The first-order chi connectivity index (χ1) is 5.13. The summed E-state index contributed by atoms with van der Waals surface area (Å²) in [4.78, 5) is 11.0. The van der Waals surface area contributed by atoms with Crippen molar-refractivity contribution in [2.24, 2.45) is 5.92 Å². The van der Waals surface area contributed by atoms with E-state index in [1.165, 1.54) is 0 Å². The van der Waals surface area contributed by atoms with Gasteiger partial charge in [0.15, 0.2) is 0 Å². The van der Waals surface area contributed by atoms with Gasteiger partial charge in [0, 0.05) is 4.43 Å². The van der Waals surface area contributed by atoms with Crippen LogP contribution >= 0.6 is 22.6 Å². The van der Waals surface area contributed by atoms with Crippen molar-refractivity contribution in [1.82, 2.24) is 0 Å². The van der Waals surface area contributed by atoms with Crippen molar-refractivity contribution < 1.29 is 14.6 Å². The first-order valence-electron chi connectivity index (χ1n) is 3.54. The molecule has 0 spiro atoms. The predicted octanol–water partition coefficient (Wildman–Crippen LogP) is 0.982. The van der Waals surface area contributed by atoms with E-state index in [0.717, 1.165) is 0 Å². The minimum Gasteiger partial charge on any atom is -0.466 e. The van der Waals surface area contributed by atoms with Crippen molar-refractivity contribution in [1.29, 1.82) is 0 Å². The fraction of sp³-hybridized carbons (Fsp3) is 0.857. The Hall–Kier alpha value is 0.160. The Kier molecular flexibility index (Phi) is 5.85. The molecule has 0 rings (SSSR count). The molecule has 0 unspecified atom stereocenters. The second-order valence-corrected chi connectivity index (χ2v) is 3.14. The fourth-order valence-corrected chi connectivity index (χ4v) is 1.33. The molecule has 3 nitrogen and oxygen atoms in total. The van der Waals surface area contributed by atoms with E-state index in [0.29, 0.717) is 11.0 Å². The minimum absolute atomic E-state index is 0.323. The number of alkyl halides is 1. The normalized spacial score (nSPS) is 15.6. The molecule has 0 aromatic carbocycles. The van der Waals surface area contributed by atoms with Crippen LogP contribution in [0, 0.1) is 5.92 Å². The smallest absolute Gasteiger partial charge is 0.311 e. The van der Waals surface area contributed by atoms with Gasteiger partial charge in [0.2, 0.25) is 0 Å². The highest BCUT2D eigenvalue weighted by molar-refractivity contribution is 14.1. The summed E-state index contributed by atoms with van der Waals surface area (Å²) in [5.41, 5.74) is 0. The molecule has 0 aliphatic heterocycles. The van der Waals surface area contributed by atoms with E-state index in [2.05, 4.69) is 0 Å². The van der Waals surface area contributed by atoms with Gasteiger partial charge in [0.25, 0.3) is 0 Å². The van der Waals surface area contributed by atoms with E-state index in [-0.39, 0.29) is 5.97 Å². The standard InChI is InChI=1S/C7H13IO3/c1-3-11-7(10)5(2)6(9)4-8/h5-6,9H,3-4H2,1-2H3/t5-,6+/m1/s1. The highest BCUT2D eigenvalue weighted by atomic mass is 127. The van der Waals surface area contributed by atoms with Gasteiger partial charge in [-0.2, -0.15) is 0 Å². The van der Waals surface area contributed by atoms with Gasteiger partial charge in [-0.1, -0.05) is 22.6 Å². The first-order valence-corrected chi connectivity index (χ1v) is 5.06. The van der Waals surface area contributed by atoms with E-state index in [9.17, 15) is 9.90 Å². The summed E-state index contributed by atoms with van der Waals surface area (Å²) >= 11 is 2.03. The third-order valence-corrected chi connectivity index (χ3v) is 2.30. The Morgan fingerprint density at radius 1 is 1.73 bits per heavy atom. The Labute approximate surface area is 80.3 Å². The molecule has 1 N–H and O–H groups in total. The summed E-state index contributed by atoms with van der Waals surface area (Å²) in [6, 6.07) is 0. The van der Waals surface area contributed by atoms with Gasteiger partial charge < -0.3 is 9.84 Å². The lowest BCUT2D eigenvalue weighted by molar-refractivity contribution is -0.150. The van der Waals surface area contributed by atoms with Crippen LogP contribution in [0.1, 0.15) is 13.8 Å². The molecule has 0 amide bonds. The Bertz CT molecular complexity index is 127. The lowest BCUT2D eigenvalue weighted by atomic mass is 10.1. The lowest BCUT2D eigenvalue weighted by Gasteiger charge is -2.14. The second-order valence-electron chi connectivity index (χ2n) is 2.26. The maximum atomic E-state index is 11.0. The largest absolute Gasteiger partial charge is 0.466 e. The summed E-state index contributed by atoms with van der Waals surface area (Å²) in [6.07, 6.45) is -0.588. The number of carbonyl (C=O) groups excluding carboxylic acids is 1. The van der Waals surface area contributed by atoms with Crippen molar-refractivity contribution >= 4 is 28.6 Å². The van der Waals surface area contributed by atoms with Crippen molar-refractivity contribution in [2.75, 3.05) is 11.0 Å². The monoisotopic (exact) mass is 272 g/mol. The summed E-state index contributed by atoms with van der Waals surface area (Å²) in [5.74, 6) is -0.733. The molecule has 66 valence electrons. The van der Waals surface area contributed by atoms with Crippen LogP contribution in [0.4, 0.5) is 0 Å². The zero-order chi connectivity index (χ0) is 8.85. The number of rotatable bonds is 4. The van der Waals surface area contributed by atoms with Crippen molar-refractivity contribution in [3.05, 3.63) is 0 Å². The Morgan fingerprint density at radius 3 is 2.64 bits per heavy atom. The van der Waals surface area contributed by atoms with E-state index >= 15 is 0 Å². The van der Waals surface area contributed by atoms with Gasteiger partial charge in [0.1, 0.15) is 0 Å². The molecule has 0 aliphatic rings. The number of aliphatic hydroxyl groups is 1. The van der Waals surface area contributed by atoms with Gasteiger partial charge in [0.05, 0.1) is 18.6 Å². The van der Waals surface area contributed by atoms with Crippen LogP contribution in [0.5, 0.6) is 0 Å². The third kappa shape index (κ3) is 3.91. The van der Waals surface area contributed by atoms with Gasteiger partial charge >= 0.3 is 5.97 Å². The minimum atomic E-state index is -0.588. The Balaban J connectivity index is 3.80. The first kappa shape index (κ1) is 11.2. The maximum absolute atomic E-state index is 11.0. The SMILES string of the molecule is CCOC(=O)[C@H](C)[C@@H](O)CI. The van der Waals surface area contributed by atoms with Gasteiger partial charge in [-0.05, 0) is 13.8 Å². The average Bonchev–Trinajstić information content (AvgIpc) is 2.02. The molecule has 0 heterocycles. The van der Waals surface area contributed by atoms with Crippen LogP contribution < -0.4 is 0 Å². The van der Waals surface area contributed by atoms with E-state index in [4.69, 9.17) is 4.74 Å². The molecule has 0 aromatic rings. The number of halogens is 1. The third-order valence-electron chi connectivity index (χ3n) is 1.39. The van der Waals surface area contributed by atoms with Crippen LogP contribution in [-0.2, 0) is 9.53 Å². The molecule has 0 saturated carbocycles. The highest BCUT2D eigenvalue weighted by Gasteiger charge is 2.21. The number of hydrogen-bond donors (Lipinski definition) is 1. The van der Waals surface area contributed by atoms with Crippen LogP contribution in [0.25, 0.3) is 0 Å². The predicted molar refractivity (Wildman–Crippen MR) is 50.7 cm³/mol. The molecule has 0 fully saturated rings. The van der Waals surface area contributed by atoms with Crippen molar-refractivity contribution in [3.63, 3.8) is 0 Å². The molecule has 11 heavy (non-hydrogen) atoms. The summed E-state index contributed by atoms with van der Waals surface area (Å²) in [7, 11) is 0. The van der Waals surface area contributed by atoms with Crippen LogP contribution in [0.3, 0.4) is 0 Å². The Morgan fingerprint density at radius 2 is 2.27 bits per heavy atom. The number of carbonyl (C=O) groups is 1. The quantitative estimate of drug-likeness (QED) is 0.471. The van der Waals surface area contributed by atoms with Gasteiger partial charge in [-0.3, -0.25) is 4.79 Å². The van der Waals surface area contributed by atoms with Crippen LogP contribution in [0.2, 0.25) is 0 Å². The van der Waals surface area contributed by atoms with E-state index < -0.39 is 12.0 Å². The van der Waals surface area contributed by atoms with E-state index in [1.54, 1.807) is 13.8 Å². The highest BCUT2D eigenvalue weighted by Crippen LogP contribution is 2.07. The summed E-state index contributed by atoms with van der Waals surface area (Å²) in [5, 5.41) is 9.22. The zero-order valence-electron chi connectivity index (χ0n) is 6.71. The van der Waals surface area contributed by atoms with Crippen molar-refractivity contribution in [2.45, 2.75) is 20.0 Å². The molecule has 0 bridgehead atoms. The van der Waals surface area contributed by atoms with Gasteiger partial charge in [-0.15, -0.1) is 0 Å². The molecule has 0 radical (unpaired) electrons. The molecule has 4 heteroatoms. The zero-order valence-corrected chi connectivity index (χ0v) is 8.87. The van der Waals surface area contributed by atoms with Crippen LogP contribution in [-0.4, -0.2) is 28.2 Å². The molecule has 0 aromatic heterocycles. The lowest BCUT2D eigenvalue weighted by Crippen LogP contribution is -2.28. The molecular formula is C7H13IO3. The van der Waals surface area contributed by atoms with E-state index in [1.807, 2.05) is 22.6 Å². The second kappa shape index (κ2) is 5.77. The summed E-state index contributed by atoms with van der Waals surface area (Å²) < 4.78 is 5.28. The average molecular weight is 272 g/mol. The number of esters is 1. The van der Waals surface area contributed by atoms with Crippen LogP contribution in [0.15, 0.2) is 0 Å². The van der Waals surface area contributed by atoms with Gasteiger partial charge in [-0.25, -0.2) is 0 Å². The molecule has 0 aliphatic carbocycles. The van der Waals surface area contributed by atoms with Crippen molar-refractivity contribution in [3.8, 4) is 0 Å². The molecule has 2 atom stereocenters. The molecular weight excluding hydrogens is 259 g/mol. The number of hydrogen-bond acceptors (Lipinski definition) is 3. The maximum Gasteiger partial charge on any atom is 0.311 e. The topological polar surface area (TPSA) is 46.5 Å². The molecule has 0 saturated heterocycles. The summed E-state index contributed by atoms with van der Waals surface area (Å²) in [6.45, 7) is 3.79. The number of aliphatic hydroxyl groups excluding tert-OH is 1.